The summed E-state index contributed by atoms with van der Waals surface area (Å²) in [5.74, 6) is 0.992. The summed E-state index contributed by atoms with van der Waals surface area (Å²) < 4.78 is 5.76. The minimum Gasteiger partial charge on any atom is -0.493 e. The van der Waals surface area contributed by atoms with E-state index in [4.69, 9.17) is 4.74 Å². The van der Waals surface area contributed by atoms with Crippen LogP contribution in [-0.4, -0.2) is 6.61 Å². The maximum atomic E-state index is 5.76. The Balaban J connectivity index is 0.000000771. The van der Waals surface area contributed by atoms with E-state index in [1.165, 1.54) is 15.3 Å². The highest BCUT2D eigenvalue weighted by Gasteiger charge is 2.06. The Morgan fingerprint density at radius 2 is 1.78 bits per heavy atom. The van der Waals surface area contributed by atoms with E-state index in [0.29, 0.717) is 0 Å². The number of benzene rings is 1. The monoisotopic (exact) mass is 262 g/mol. The second-order valence-corrected chi connectivity index (χ2v) is 5.04. The molecule has 1 heterocycles. The van der Waals surface area contributed by atoms with Gasteiger partial charge in [0.1, 0.15) is 5.75 Å². The zero-order valence-corrected chi connectivity index (χ0v) is 12.5. The molecule has 0 amide bonds. The molecule has 98 valence electrons. The molecule has 0 N–H and O–H groups in total. The van der Waals surface area contributed by atoms with Crippen LogP contribution in [-0.2, 0) is 0 Å². The number of ether oxygens (including phenoxy) is 1. The van der Waals surface area contributed by atoms with Crippen molar-refractivity contribution in [2.75, 3.05) is 6.61 Å². The topological polar surface area (TPSA) is 9.23 Å². The van der Waals surface area contributed by atoms with Crippen LogP contribution < -0.4 is 4.74 Å². The standard InChI is InChI=1S/C14H16OS.C2H6/c1-3-10-15-13-7-5-4-6-12(13)14-9-8-11(2)16-14;1-2/h4-9H,3,10H2,1-2H3;1-2H3. The van der Waals surface area contributed by atoms with Gasteiger partial charge in [0.05, 0.1) is 6.61 Å². The zero-order valence-electron chi connectivity index (χ0n) is 11.7. The van der Waals surface area contributed by atoms with Gasteiger partial charge in [-0.15, -0.1) is 11.3 Å². The predicted molar refractivity (Wildman–Crippen MR) is 81.6 cm³/mol. The van der Waals surface area contributed by atoms with Crippen molar-refractivity contribution in [3.05, 3.63) is 41.3 Å². The van der Waals surface area contributed by atoms with Crippen LogP contribution in [0.2, 0.25) is 0 Å². The van der Waals surface area contributed by atoms with Gasteiger partial charge in [-0.1, -0.05) is 32.9 Å². The lowest BCUT2D eigenvalue weighted by molar-refractivity contribution is 0.319. The van der Waals surface area contributed by atoms with Crippen molar-refractivity contribution in [1.82, 2.24) is 0 Å². The Labute approximate surface area is 114 Å². The molecule has 1 aromatic carbocycles. The second-order valence-electron chi connectivity index (χ2n) is 3.75. The number of thiophene rings is 1. The molecule has 0 aliphatic heterocycles. The summed E-state index contributed by atoms with van der Waals surface area (Å²) in [5.41, 5.74) is 1.20. The number of rotatable bonds is 4. The molecule has 0 bridgehead atoms. The lowest BCUT2D eigenvalue weighted by Gasteiger charge is -2.09. The molecule has 2 rings (SSSR count). The largest absolute Gasteiger partial charge is 0.493 e. The Bertz CT molecular complexity index is 460. The first-order chi connectivity index (χ1) is 8.81. The summed E-state index contributed by atoms with van der Waals surface area (Å²) in [5, 5.41) is 0. The third-order valence-corrected chi connectivity index (χ3v) is 3.39. The quantitative estimate of drug-likeness (QED) is 0.703. The van der Waals surface area contributed by atoms with E-state index < -0.39 is 0 Å². The first-order valence-electron chi connectivity index (χ1n) is 6.60. The maximum Gasteiger partial charge on any atom is 0.127 e. The van der Waals surface area contributed by atoms with Crippen molar-refractivity contribution in [1.29, 1.82) is 0 Å². The zero-order chi connectivity index (χ0) is 13.4. The van der Waals surface area contributed by atoms with E-state index in [0.717, 1.165) is 18.8 Å². The summed E-state index contributed by atoms with van der Waals surface area (Å²) in [6.07, 6.45) is 1.04. The normalized spacial score (nSPS) is 9.56. The number of aryl methyl sites for hydroxylation is 1. The third kappa shape index (κ3) is 3.88. The van der Waals surface area contributed by atoms with Crippen molar-refractivity contribution >= 4 is 11.3 Å². The molecular formula is C16H22OS. The van der Waals surface area contributed by atoms with Crippen LogP contribution in [0.4, 0.5) is 0 Å². The van der Waals surface area contributed by atoms with Crippen LogP contribution in [0.5, 0.6) is 5.75 Å². The second kappa shape index (κ2) is 7.93. The lowest BCUT2D eigenvalue weighted by atomic mass is 10.1. The fourth-order valence-electron chi connectivity index (χ4n) is 1.59. The highest BCUT2D eigenvalue weighted by molar-refractivity contribution is 7.15. The minimum atomic E-state index is 0.779. The van der Waals surface area contributed by atoms with Gasteiger partial charge in [-0.25, -0.2) is 0 Å². The fourth-order valence-corrected chi connectivity index (χ4v) is 2.49. The molecule has 0 saturated heterocycles. The van der Waals surface area contributed by atoms with Crippen molar-refractivity contribution in [3.8, 4) is 16.2 Å². The van der Waals surface area contributed by atoms with Gasteiger partial charge in [0.2, 0.25) is 0 Å². The maximum absolute atomic E-state index is 5.76. The van der Waals surface area contributed by atoms with E-state index in [1.807, 2.05) is 37.3 Å². The Kier molecular flexibility index (Phi) is 6.51. The summed E-state index contributed by atoms with van der Waals surface area (Å²) in [7, 11) is 0. The number of hydrogen-bond acceptors (Lipinski definition) is 2. The smallest absolute Gasteiger partial charge is 0.127 e. The van der Waals surface area contributed by atoms with Crippen molar-refractivity contribution < 1.29 is 4.74 Å². The van der Waals surface area contributed by atoms with E-state index in [2.05, 4.69) is 38.1 Å². The summed E-state index contributed by atoms with van der Waals surface area (Å²) >= 11 is 1.81. The molecule has 0 saturated carbocycles. The molecular weight excluding hydrogens is 240 g/mol. The van der Waals surface area contributed by atoms with Crippen LogP contribution in [0.3, 0.4) is 0 Å². The fraction of sp³-hybridized carbons (Fsp3) is 0.375. The molecule has 0 fully saturated rings. The predicted octanol–water partition coefficient (Wildman–Crippen LogP) is 5.54. The first-order valence-corrected chi connectivity index (χ1v) is 7.41. The van der Waals surface area contributed by atoms with Crippen LogP contribution in [0, 0.1) is 6.92 Å². The van der Waals surface area contributed by atoms with Crippen LogP contribution >= 0.6 is 11.3 Å². The van der Waals surface area contributed by atoms with Crippen molar-refractivity contribution in [2.24, 2.45) is 0 Å². The van der Waals surface area contributed by atoms with E-state index in [1.54, 1.807) is 0 Å². The Morgan fingerprint density at radius 3 is 2.39 bits per heavy atom. The van der Waals surface area contributed by atoms with E-state index in [9.17, 15) is 0 Å². The van der Waals surface area contributed by atoms with E-state index >= 15 is 0 Å². The van der Waals surface area contributed by atoms with Gasteiger partial charge in [-0.2, -0.15) is 0 Å². The van der Waals surface area contributed by atoms with Gasteiger partial charge in [0, 0.05) is 15.3 Å². The summed E-state index contributed by atoms with van der Waals surface area (Å²) in [6.45, 7) is 9.03. The molecule has 0 aliphatic carbocycles. The highest BCUT2D eigenvalue weighted by atomic mass is 32.1. The van der Waals surface area contributed by atoms with Crippen LogP contribution in [0.25, 0.3) is 10.4 Å². The molecule has 1 nitrogen and oxygen atoms in total. The van der Waals surface area contributed by atoms with Crippen LogP contribution in [0.1, 0.15) is 32.1 Å². The van der Waals surface area contributed by atoms with Gasteiger partial charge in [-0.3, -0.25) is 0 Å². The van der Waals surface area contributed by atoms with Gasteiger partial charge in [0.15, 0.2) is 0 Å². The highest BCUT2D eigenvalue weighted by Crippen LogP contribution is 2.34. The van der Waals surface area contributed by atoms with Gasteiger partial charge < -0.3 is 4.74 Å². The summed E-state index contributed by atoms with van der Waals surface area (Å²) in [4.78, 5) is 2.62. The minimum absolute atomic E-state index is 0.779. The average Bonchev–Trinajstić information content (AvgIpc) is 2.85. The SMILES string of the molecule is CC.CCCOc1ccccc1-c1ccc(C)s1. The van der Waals surface area contributed by atoms with Gasteiger partial charge >= 0.3 is 0 Å². The Hall–Kier alpha value is -1.28. The lowest BCUT2D eigenvalue weighted by Crippen LogP contribution is -1.96. The first kappa shape index (κ1) is 14.8. The molecule has 2 aromatic rings. The number of para-hydroxylation sites is 1. The van der Waals surface area contributed by atoms with E-state index in [-0.39, 0.29) is 0 Å². The molecule has 2 heteroatoms. The third-order valence-electron chi connectivity index (χ3n) is 2.35. The number of hydrogen-bond donors (Lipinski definition) is 0. The molecule has 0 unspecified atom stereocenters. The average molecular weight is 262 g/mol. The molecule has 0 aliphatic rings. The van der Waals surface area contributed by atoms with Gasteiger partial charge in [-0.05, 0) is 37.6 Å². The Morgan fingerprint density at radius 1 is 1.06 bits per heavy atom. The van der Waals surface area contributed by atoms with Crippen molar-refractivity contribution in [3.63, 3.8) is 0 Å². The van der Waals surface area contributed by atoms with Gasteiger partial charge in [0.25, 0.3) is 0 Å². The molecule has 0 radical (unpaired) electrons. The molecule has 18 heavy (non-hydrogen) atoms. The molecule has 1 aromatic heterocycles. The summed E-state index contributed by atoms with van der Waals surface area (Å²) in [6, 6.07) is 12.6. The molecule has 0 spiro atoms. The molecule has 0 atom stereocenters. The van der Waals surface area contributed by atoms with Crippen molar-refractivity contribution in [2.45, 2.75) is 34.1 Å². The van der Waals surface area contributed by atoms with Crippen LogP contribution in [0.15, 0.2) is 36.4 Å².